The van der Waals surface area contributed by atoms with Crippen LogP contribution in [0.5, 0.6) is 0 Å². The molecular formula is C15H23N3O2. The monoisotopic (exact) mass is 277 g/mol. The molecule has 5 nitrogen and oxygen atoms in total. The second-order valence-electron chi connectivity index (χ2n) is 5.79. The number of piperidine rings is 1. The number of ether oxygens (including phenoxy) is 1. The van der Waals surface area contributed by atoms with Crippen molar-refractivity contribution in [2.45, 2.75) is 31.3 Å². The van der Waals surface area contributed by atoms with Gasteiger partial charge in [0.2, 0.25) is 0 Å². The molecule has 0 aromatic carbocycles. The first-order chi connectivity index (χ1) is 9.75. The first-order valence-electron chi connectivity index (χ1n) is 7.49. The van der Waals surface area contributed by atoms with E-state index < -0.39 is 0 Å². The lowest BCUT2D eigenvalue weighted by Crippen LogP contribution is -2.52. The van der Waals surface area contributed by atoms with Crippen LogP contribution in [0.15, 0.2) is 18.3 Å². The number of amides is 1. The van der Waals surface area contributed by atoms with Crippen LogP contribution in [0, 0.1) is 0 Å². The van der Waals surface area contributed by atoms with Crippen molar-refractivity contribution >= 4 is 5.91 Å². The van der Waals surface area contributed by atoms with Gasteiger partial charge in [0.05, 0.1) is 25.3 Å². The van der Waals surface area contributed by atoms with Gasteiger partial charge in [-0.25, -0.2) is 0 Å². The molecule has 110 valence electrons. The number of nitrogens with one attached hydrogen (secondary N) is 1. The molecule has 0 spiro atoms. The molecule has 2 fully saturated rings. The molecule has 1 N–H and O–H groups in total. The summed E-state index contributed by atoms with van der Waals surface area (Å²) in [5, 5.41) is 3.14. The second kappa shape index (κ2) is 5.97. The molecule has 2 atom stereocenters. The summed E-state index contributed by atoms with van der Waals surface area (Å²) in [6.07, 6.45) is 5.73. The third kappa shape index (κ3) is 2.74. The Morgan fingerprint density at radius 1 is 1.30 bits per heavy atom. The number of rotatable bonds is 3. The minimum atomic E-state index is -0.00462. The number of carbonyl (C=O) groups is 1. The predicted octanol–water partition coefficient (Wildman–Crippen LogP) is 1.01. The Labute approximate surface area is 119 Å². The summed E-state index contributed by atoms with van der Waals surface area (Å²) < 4.78 is 7.46. The molecular weight excluding hydrogens is 254 g/mol. The molecule has 5 heteroatoms. The number of aryl methyl sites for hydroxylation is 1. The largest absolute Gasteiger partial charge is 0.378 e. The van der Waals surface area contributed by atoms with Gasteiger partial charge in [0, 0.05) is 13.2 Å². The smallest absolute Gasteiger partial charge is 0.268 e. The highest BCUT2D eigenvalue weighted by Crippen LogP contribution is 2.19. The van der Waals surface area contributed by atoms with Crippen molar-refractivity contribution in [1.29, 1.82) is 0 Å². The minimum Gasteiger partial charge on any atom is -0.378 e. The van der Waals surface area contributed by atoms with Crippen LogP contribution in [0.3, 0.4) is 0 Å². The molecule has 0 radical (unpaired) electrons. The predicted molar refractivity (Wildman–Crippen MR) is 76.7 cm³/mol. The van der Waals surface area contributed by atoms with Gasteiger partial charge < -0.3 is 14.6 Å². The van der Waals surface area contributed by atoms with Crippen LogP contribution in [0.25, 0.3) is 0 Å². The highest BCUT2D eigenvalue weighted by Gasteiger charge is 2.34. The molecule has 0 bridgehead atoms. The maximum absolute atomic E-state index is 12.3. The van der Waals surface area contributed by atoms with Crippen molar-refractivity contribution in [2.75, 3.05) is 26.3 Å². The van der Waals surface area contributed by atoms with Crippen LogP contribution in [-0.4, -0.2) is 53.8 Å². The van der Waals surface area contributed by atoms with Gasteiger partial charge in [-0.15, -0.1) is 0 Å². The van der Waals surface area contributed by atoms with Gasteiger partial charge >= 0.3 is 0 Å². The zero-order valence-corrected chi connectivity index (χ0v) is 12.0. The van der Waals surface area contributed by atoms with E-state index in [0.717, 1.165) is 19.7 Å². The first-order valence-corrected chi connectivity index (χ1v) is 7.49. The average Bonchev–Trinajstić information content (AvgIpc) is 3.08. The summed E-state index contributed by atoms with van der Waals surface area (Å²) in [5.41, 5.74) is 0.703. The summed E-state index contributed by atoms with van der Waals surface area (Å²) in [7, 11) is 1.89. The van der Waals surface area contributed by atoms with Crippen molar-refractivity contribution in [3.63, 3.8) is 0 Å². The molecule has 2 aliphatic heterocycles. The van der Waals surface area contributed by atoms with E-state index >= 15 is 0 Å². The Hall–Kier alpha value is -1.33. The normalized spacial score (nSPS) is 27.6. The van der Waals surface area contributed by atoms with E-state index in [2.05, 4.69) is 10.2 Å². The van der Waals surface area contributed by atoms with Crippen LogP contribution in [0.2, 0.25) is 0 Å². The van der Waals surface area contributed by atoms with Crippen molar-refractivity contribution in [3.05, 3.63) is 24.0 Å². The topological polar surface area (TPSA) is 46.5 Å². The van der Waals surface area contributed by atoms with Crippen molar-refractivity contribution in [3.8, 4) is 0 Å². The highest BCUT2D eigenvalue weighted by molar-refractivity contribution is 5.93. The number of aromatic nitrogens is 1. The third-order valence-corrected chi connectivity index (χ3v) is 4.40. The zero-order valence-electron chi connectivity index (χ0n) is 12.0. The Morgan fingerprint density at radius 2 is 2.10 bits per heavy atom. The van der Waals surface area contributed by atoms with Crippen LogP contribution in [0.1, 0.15) is 29.8 Å². The van der Waals surface area contributed by atoms with E-state index in [-0.39, 0.29) is 11.9 Å². The van der Waals surface area contributed by atoms with E-state index in [1.807, 2.05) is 29.9 Å². The fourth-order valence-corrected chi connectivity index (χ4v) is 3.23. The van der Waals surface area contributed by atoms with Gasteiger partial charge in [0.1, 0.15) is 5.69 Å². The van der Waals surface area contributed by atoms with E-state index in [0.29, 0.717) is 18.3 Å². The van der Waals surface area contributed by atoms with E-state index in [1.54, 1.807) is 0 Å². The van der Waals surface area contributed by atoms with Gasteiger partial charge in [-0.05, 0) is 38.1 Å². The van der Waals surface area contributed by atoms with E-state index in [9.17, 15) is 4.79 Å². The highest BCUT2D eigenvalue weighted by atomic mass is 16.5. The van der Waals surface area contributed by atoms with Crippen molar-refractivity contribution < 1.29 is 9.53 Å². The molecule has 1 aromatic rings. The van der Waals surface area contributed by atoms with Crippen LogP contribution < -0.4 is 5.32 Å². The number of nitrogens with zero attached hydrogens (tertiary/aromatic N) is 2. The molecule has 3 rings (SSSR count). The molecule has 0 unspecified atom stereocenters. The summed E-state index contributed by atoms with van der Waals surface area (Å²) in [5.74, 6) is -0.00462. The van der Waals surface area contributed by atoms with Crippen molar-refractivity contribution in [1.82, 2.24) is 14.8 Å². The first kappa shape index (κ1) is 13.6. The maximum atomic E-state index is 12.3. The molecule has 1 amide bonds. The second-order valence-corrected chi connectivity index (χ2v) is 5.79. The van der Waals surface area contributed by atoms with Crippen LogP contribution in [0.4, 0.5) is 0 Å². The maximum Gasteiger partial charge on any atom is 0.268 e. The van der Waals surface area contributed by atoms with Gasteiger partial charge in [-0.2, -0.15) is 0 Å². The standard InChI is InChI=1S/C15H23N3O2/c1-17-7-5-6-13(17)15(19)16-12-10-20-11-14(12)18-8-3-2-4-9-18/h5-7,12,14H,2-4,8-11H2,1H3,(H,16,19)/t12-,14-/m0/s1. The summed E-state index contributed by atoms with van der Waals surface area (Å²) in [6, 6.07) is 4.18. The molecule has 1 aromatic heterocycles. The molecule has 0 saturated carbocycles. The fraction of sp³-hybridized carbons (Fsp3) is 0.667. The third-order valence-electron chi connectivity index (χ3n) is 4.40. The Bertz CT molecular complexity index is 465. The number of hydrogen-bond donors (Lipinski definition) is 1. The molecule has 2 aliphatic rings. The molecule has 2 saturated heterocycles. The lowest BCUT2D eigenvalue weighted by molar-refractivity contribution is 0.0892. The quantitative estimate of drug-likeness (QED) is 0.897. The summed E-state index contributed by atoms with van der Waals surface area (Å²) >= 11 is 0. The molecule has 3 heterocycles. The SMILES string of the molecule is Cn1cccc1C(=O)N[C@H]1COC[C@@H]1N1CCCCC1. The van der Waals surface area contributed by atoms with Crippen LogP contribution >= 0.6 is 0 Å². The molecule has 0 aliphatic carbocycles. The van der Waals surface area contributed by atoms with E-state index in [1.165, 1.54) is 19.3 Å². The van der Waals surface area contributed by atoms with E-state index in [4.69, 9.17) is 4.74 Å². The van der Waals surface area contributed by atoms with Crippen molar-refractivity contribution in [2.24, 2.45) is 7.05 Å². The Kier molecular flexibility index (Phi) is 4.08. The average molecular weight is 277 g/mol. The number of hydrogen-bond acceptors (Lipinski definition) is 3. The van der Waals surface area contributed by atoms with Gasteiger partial charge in [0.15, 0.2) is 0 Å². The van der Waals surface area contributed by atoms with Gasteiger partial charge in [-0.1, -0.05) is 6.42 Å². The lowest BCUT2D eigenvalue weighted by atomic mass is 10.0. The lowest BCUT2D eigenvalue weighted by Gasteiger charge is -2.34. The summed E-state index contributed by atoms with van der Waals surface area (Å²) in [4.78, 5) is 14.8. The Morgan fingerprint density at radius 3 is 2.80 bits per heavy atom. The molecule has 20 heavy (non-hydrogen) atoms. The van der Waals surface area contributed by atoms with Crippen LogP contribution in [-0.2, 0) is 11.8 Å². The Balaban J connectivity index is 1.64. The number of carbonyl (C=O) groups excluding carboxylic acids is 1. The zero-order chi connectivity index (χ0) is 13.9. The summed E-state index contributed by atoms with van der Waals surface area (Å²) in [6.45, 7) is 3.62. The van der Waals surface area contributed by atoms with Gasteiger partial charge in [0.25, 0.3) is 5.91 Å². The van der Waals surface area contributed by atoms with Gasteiger partial charge in [-0.3, -0.25) is 9.69 Å². The fourth-order valence-electron chi connectivity index (χ4n) is 3.23. The minimum absolute atomic E-state index is 0.00462. The number of likely N-dealkylation sites (tertiary alicyclic amines) is 1.